The Morgan fingerprint density at radius 2 is 2.00 bits per heavy atom. The Balaban J connectivity index is 2.03. The molecule has 3 saturated carbocycles. The van der Waals surface area contributed by atoms with Gasteiger partial charge in [0.1, 0.15) is 0 Å². The van der Waals surface area contributed by atoms with Gasteiger partial charge in [-0.05, 0) is 24.7 Å². The molecule has 0 unspecified atom stereocenters. The van der Waals surface area contributed by atoms with Gasteiger partial charge in [-0.2, -0.15) is 0 Å². The minimum atomic E-state index is -0.635. The second-order valence-corrected chi connectivity index (χ2v) is 6.59. The summed E-state index contributed by atoms with van der Waals surface area (Å²) in [5.41, 5.74) is -0.707. The zero-order chi connectivity index (χ0) is 11.7. The van der Waals surface area contributed by atoms with Crippen LogP contribution in [0.2, 0.25) is 0 Å². The average Bonchev–Trinajstić information content (AvgIpc) is 2.22. The van der Waals surface area contributed by atoms with Crippen LogP contribution in [0.5, 0.6) is 0 Å². The van der Waals surface area contributed by atoms with Gasteiger partial charge >= 0.3 is 0 Å². The van der Waals surface area contributed by atoms with Crippen LogP contribution in [0.1, 0.15) is 33.6 Å². The van der Waals surface area contributed by atoms with Gasteiger partial charge in [0.15, 0.2) is 0 Å². The first-order valence-electron chi connectivity index (χ1n) is 6.51. The molecule has 2 nitrogen and oxygen atoms in total. The van der Waals surface area contributed by atoms with Crippen molar-refractivity contribution in [3.05, 3.63) is 12.2 Å². The third-order valence-electron chi connectivity index (χ3n) is 5.78. The molecule has 4 aliphatic rings. The topological polar surface area (TPSA) is 40.5 Å². The van der Waals surface area contributed by atoms with Gasteiger partial charge < -0.3 is 10.2 Å². The zero-order valence-electron chi connectivity index (χ0n) is 10.4. The van der Waals surface area contributed by atoms with Crippen molar-refractivity contribution in [3.63, 3.8) is 0 Å². The molecule has 6 atom stereocenters. The molecule has 0 aromatic heterocycles. The lowest BCUT2D eigenvalue weighted by Crippen LogP contribution is -2.77. The molecule has 0 aliphatic heterocycles. The van der Waals surface area contributed by atoms with Crippen LogP contribution in [0.15, 0.2) is 12.2 Å². The summed E-state index contributed by atoms with van der Waals surface area (Å²) in [5, 5.41) is 20.9. The monoisotopic (exact) mass is 222 g/mol. The molecular weight excluding hydrogens is 200 g/mol. The molecule has 0 amide bonds. The van der Waals surface area contributed by atoms with Crippen LogP contribution in [-0.4, -0.2) is 21.9 Å². The predicted molar refractivity (Wildman–Crippen MR) is 62.7 cm³/mol. The Morgan fingerprint density at radius 3 is 2.62 bits per heavy atom. The van der Waals surface area contributed by atoms with Crippen LogP contribution in [0.4, 0.5) is 0 Å². The van der Waals surface area contributed by atoms with Gasteiger partial charge in [-0.25, -0.2) is 0 Å². The summed E-state index contributed by atoms with van der Waals surface area (Å²) < 4.78 is 0. The van der Waals surface area contributed by atoms with Crippen molar-refractivity contribution in [2.45, 2.75) is 45.3 Å². The summed E-state index contributed by atoms with van der Waals surface area (Å²) in [4.78, 5) is 0. The van der Waals surface area contributed by atoms with E-state index in [1.165, 1.54) is 6.42 Å². The smallest absolute Gasteiger partial charge is 0.0920 e. The van der Waals surface area contributed by atoms with E-state index in [4.69, 9.17) is 0 Å². The average molecular weight is 222 g/mol. The number of hydrogen-bond donors (Lipinski definition) is 2. The minimum absolute atomic E-state index is 0.0722. The second-order valence-electron chi connectivity index (χ2n) is 6.59. The Morgan fingerprint density at radius 1 is 1.31 bits per heavy atom. The van der Waals surface area contributed by atoms with Gasteiger partial charge in [-0.3, -0.25) is 0 Å². The van der Waals surface area contributed by atoms with Crippen LogP contribution >= 0.6 is 0 Å². The number of aliphatic hydroxyl groups excluding tert-OH is 1. The Bertz CT molecular complexity index is 349. The van der Waals surface area contributed by atoms with Crippen molar-refractivity contribution in [2.75, 3.05) is 0 Å². The van der Waals surface area contributed by atoms with E-state index in [0.29, 0.717) is 11.8 Å². The van der Waals surface area contributed by atoms with E-state index in [-0.39, 0.29) is 23.4 Å². The van der Waals surface area contributed by atoms with Crippen LogP contribution in [0.3, 0.4) is 0 Å². The number of hydrogen-bond acceptors (Lipinski definition) is 2. The first-order chi connectivity index (χ1) is 7.42. The molecule has 0 saturated heterocycles. The van der Waals surface area contributed by atoms with E-state index < -0.39 is 5.60 Å². The molecule has 4 bridgehead atoms. The highest BCUT2D eigenvalue weighted by atomic mass is 16.3. The van der Waals surface area contributed by atoms with Crippen molar-refractivity contribution in [1.29, 1.82) is 0 Å². The molecule has 2 heteroatoms. The number of fused-ring (bicyclic) bond motifs is 2. The maximum Gasteiger partial charge on any atom is 0.0920 e. The van der Waals surface area contributed by atoms with Crippen molar-refractivity contribution in [1.82, 2.24) is 0 Å². The maximum atomic E-state index is 10.8. The molecule has 0 aromatic rings. The molecule has 16 heavy (non-hydrogen) atoms. The van der Waals surface area contributed by atoms with Crippen LogP contribution in [0.25, 0.3) is 0 Å². The van der Waals surface area contributed by atoms with E-state index in [9.17, 15) is 10.2 Å². The fourth-order valence-electron chi connectivity index (χ4n) is 4.83. The summed E-state index contributed by atoms with van der Waals surface area (Å²) in [6.07, 6.45) is 5.60. The van der Waals surface area contributed by atoms with Gasteiger partial charge in [0.2, 0.25) is 0 Å². The highest BCUT2D eigenvalue weighted by Crippen LogP contribution is 2.72. The fourth-order valence-corrected chi connectivity index (χ4v) is 4.83. The molecular formula is C14H22O2. The first kappa shape index (κ1) is 10.8. The highest BCUT2D eigenvalue weighted by Gasteiger charge is 2.74. The van der Waals surface area contributed by atoms with Crippen molar-refractivity contribution < 1.29 is 10.2 Å². The normalized spacial score (nSPS) is 58.6. The SMILES string of the molecule is CC(C)[C@@H]1CC[C@@]2(C)[C@H]3[C@@H]1[C@]2(O)C=C[C@H]3O. The molecule has 2 N–H and O–H groups in total. The summed E-state index contributed by atoms with van der Waals surface area (Å²) in [6, 6.07) is 0. The summed E-state index contributed by atoms with van der Waals surface area (Å²) >= 11 is 0. The first-order valence-corrected chi connectivity index (χ1v) is 6.51. The lowest BCUT2D eigenvalue weighted by Gasteiger charge is -2.73. The zero-order valence-corrected chi connectivity index (χ0v) is 10.4. The summed E-state index contributed by atoms with van der Waals surface area (Å²) in [6.45, 7) is 6.62. The van der Waals surface area contributed by atoms with E-state index >= 15 is 0 Å². The lowest BCUT2D eigenvalue weighted by atomic mass is 9.33. The van der Waals surface area contributed by atoms with E-state index in [1.807, 2.05) is 6.08 Å². The lowest BCUT2D eigenvalue weighted by molar-refractivity contribution is -0.305. The quantitative estimate of drug-likeness (QED) is 0.666. The van der Waals surface area contributed by atoms with Crippen molar-refractivity contribution in [3.8, 4) is 0 Å². The number of rotatable bonds is 1. The molecule has 0 heterocycles. The van der Waals surface area contributed by atoms with Crippen molar-refractivity contribution in [2.24, 2.45) is 29.1 Å². The number of aliphatic hydroxyl groups is 2. The molecule has 90 valence electrons. The summed E-state index contributed by atoms with van der Waals surface area (Å²) in [5.74, 6) is 1.73. The fraction of sp³-hybridized carbons (Fsp3) is 0.857. The molecule has 4 aliphatic carbocycles. The molecule has 0 aromatic carbocycles. The third kappa shape index (κ3) is 0.925. The summed E-state index contributed by atoms with van der Waals surface area (Å²) in [7, 11) is 0. The van der Waals surface area contributed by atoms with Gasteiger partial charge in [0.05, 0.1) is 11.7 Å². The largest absolute Gasteiger partial charge is 0.389 e. The molecule has 4 rings (SSSR count). The molecule has 0 radical (unpaired) electrons. The second kappa shape index (κ2) is 2.91. The van der Waals surface area contributed by atoms with E-state index in [1.54, 1.807) is 6.08 Å². The van der Waals surface area contributed by atoms with E-state index in [2.05, 4.69) is 20.8 Å². The van der Waals surface area contributed by atoms with Gasteiger partial charge in [-0.15, -0.1) is 0 Å². The Hall–Kier alpha value is -0.340. The third-order valence-corrected chi connectivity index (χ3v) is 5.78. The molecule has 0 spiro atoms. The van der Waals surface area contributed by atoms with Crippen LogP contribution in [0, 0.1) is 29.1 Å². The predicted octanol–water partition coefficient (Wildman–Crippen LogP) is 1.97. The minimum Gasteiger partial charge on any atom is -0.389 e. The molecule has 3 fully saturated rings. The van der Waals surface area contributed by atoms with E-state index in [0.717, 1.165) is 6.42 Å². The standard InChI is InChI=1S/C14H22O2/c1-8(2)9-4-6-13(3)12-10(15)5-7-14(13,16)11(9)12/h5,7-12,15-16H,4,6H2,1-3H3/t9-,10+,11+,12+,13-,14+/m0/s1. The van der Waals surface area contributed by atoms with Gasteiger partial charge in [0, 0.05) is 17.3 Å². The van der Waals surface area contributed by atoms with Crippen molar-refractivity contribution >= 4 is 0 Å². The van der Waals surface area contributed by atoms with Crippen LogP contribution < -0.4 is 0 Å². The van der Waals surface area contributed by atoms with Gasteiger partial charge in [0.25, 0.3) is 0 Å². The highest BCUT2D eigenvalue weighted by molar-refractivity contribution is 5.34. The Kier molecular flexibility index (Phi) is 1.96. The van der Waals surface area contributed by atoms with Gasteiger partial charge in [-0.1, -0.05) is 32.9 Å². The Labute approximate surface area is 97.4 Å². The maximum absolute atomic E-state index is 10.8. The van der Waals surface area contributed by atoms with Crippen LogP contribution in [-0.2, 0) is 0 Å².